The minimum atomic E-state index is 0. The Hall–Kier alpha value is -1.82. The molecular weight excluding hydrogens is 276 g/mol. The van der Waals surface area contributed by atoms with Gasteiger partial charge in [-0.2, -0.15) is 0 Å². The van der Waals surface area contributed by atoms with Gasteiger partial charge in [0.25, 0.3) is 0 Å². The summed E-state index contributed by atoms with van der Waals surface area (Å²) >= 11 is 0. The number of allylic oxidation sites excluding steroid dienone is 2. The maximum absolute atomic E-state index is 2.37. The Bertz CT molecular complexity index is 539. The van der Waals surface area contributed by atoms with Crippen LogP contribution in [0.15, 0.2) is 72.8 Å². The quantitative estimate of drug-likeness (QED) is 0.447. The van der Waals surface area contributed by atoms with E-state index in [9.17, 15) is 0 Å². The molecule has 0 fully saturated rings. The van der Waals surface area contributed by atoms with Crippen molar-refractivity contribution in [2.45, 2.75) is 58.8 Å². The van der Waals surface area contributed by atoms with Crippen molar-refractivity contribution in [3.05, 3.63) is 83.9 Å². The second kappa shape index (κ2) is 10.8. The number of hydrogen-bond acceptors (Lipinski definition) is 0. The number of hydrogen-bond donors (Lipinski definition) is 0. The predicted molar refractivity (Wildman–Crippen MR) is 104 cm³/mol. The smallest absolute Gasteiger partial charge is 0.0130 e. The Morgan fingerprint density at radius 1 is 0.826 bits per heavy atom. The van der Waals surface area contributed by atoms with E-state index in [1.165, 1.54) is 30.4 Å². The van der Waals surface area contributed by atoms with E-state index in [2.05, 4.69) is 86.7 Å². The first-order chi connectivity index (χ1) is 10.8. The fourth-order valence-electron chi connectivity index (χ4n) is 2.94. The topological polar surface area (TPSA) is 0 Å². The van der Waals surface area contributed by atoms with Crippen LogP contribution in [0.5, 0.6) is 0 Å². The van der Waals surface area contributed by atoms with E-state index >= 15 is 0 Å². The standard InChI is InChI=1S/C22H28.CH4/c1-3-20(22-17-11-6-12-18-22)14-8-4-7-13-19(2)21-15-9-5-10-16-21;/h4-6,8-12,15-20H,3,7,13-14H2,1-2H3;1H4/b8-4+;. The van der Waals surface area contributed by atoms with Crippen LogP contribution < -0.4 is 0 Å². The average Bonchev–Trinajstić information content (AvgIpc) is 2.59. The molecule has 2 aromatic carbocycles. The second-order valence-electron chi connectivity index (χ2n) is 6.11. The van der Waals surface area contributed by atoms with Crippen molar-refractivity contribution < 1.29 is 0 Å². The van der Waals surface area contributed by atoms with Gasteiger partial charge in [-0.15, -0.1) is 0 Å². The van der Waals surface area contributed by atoms with Crippen LogP contribution in [0.1, 0.15) is 69.9 Å². The molecule has 0 amide bonds. The lowest BCUT2D eigenvalue weighted by atomic mass is 9.92. The zero-order valence-corrected chi connectivity index (χ0v) is 13.9. The first-order valence-electron chi connectivity index (χ1n) is 8.56. The molecule has 0 nitrogen and oxygen atoms in total. The van der Waals surface area contributed by atoms with Gasteiger partial charge in [0.05, 0.1) is 0 Å². The molecular formula is C23H32. The van der Waals surface area contributed by atoms with E-state index in [4.69, 9.17) is 0 Å². The van der Waals surface area contributed by atoms with Gasteiger partial charge in [-0.1, -0.05) is 94.1 Å². The summed E-state index contributed by atoms with van der Waals surface area (Å²) in [4.78, 5) is 0. The Morgan fingerprint density at radius 2 is 1.39 bits per heavy atom. The summed E-state index contributed by atoms with van der Waals surface area (Å²) in [6.45, 7) is 4.60. The summed E-state index contributed by atoms with van der Waals surface area (Å²) in [6, 6.07) is 21.7. The van der Waals surface area contributed by atoms with Crippen LogP contribution in [0.2, 0.25) is 0 Å². The molecule has 0 aromatic heterocycles. The van der Waals surface area contributed by atoms with Crippen molar-refractivity contribution in [1.82, 2.24) is 0 Å². The lowest BCUT2D eigenvalue weighted by Gasteiger charge is -2.13. The monoisotopic (exact) mass is 308 g/mol. The molecule has 0 radical (unpaired) electrons. The molecule has 0 heteroatoms. The largest absolute Gasteiger partial charge is 0.0885 e. The van der Waals surface area contributed by atoms with E-state index in [-0.39, 0.29) is 7.43 Å². The number of benzene rings is 2. The predicted octanol–water partition coefficient (Wildman–Crippen LogP) is 7.35. The summed E-state index contributed by atoms with van der Waals surface area (Å²) in [5.41, 5.74) is 2.92. The van der Waals surface area contributed by atoms with Gasteiger partial charge in [0.1, 0.15) is 0 Å². The van der Waals surface area contributed by atoms with E-state index in [1.807, 2.05) is 0 Å². The van der Waals surface area contributed by atoms with Crippen molar-refractivity contribution in [3.63, 3.8) is 0 Å². The molecule has 2 atom stereocenters. The molecule has 0 heterocycles. The van der Waals surface area contributed by atoms with Gasteiger partial charge in [-0.05, 0) is 48.6 Å². The first kappa shape index (κ1) is 19.2. The molecule has 0 aliphatic carbocycles. The van der Waals surface area contributed by atoms with Gasteiger partial charge >= 0.3 is 0 Å². The van der Waals surface area contributed by atoms with Crippen LogP contribution in [0.3, 0.4) is 0 Å². The summed E-state index contributed by atoms with van der Waals surface area (Å²) in [5, 5.41) is 0. The van der Waals surface area contributed by atoms with E-state index < -0.39 is 0 Å². The van der Waals surface area contributed by atoms with E-state index in [1.54, 1.807) is 0 Å². The van der Waals surface area contributed by atoms with Crippen LogP contribution in [0.4, 0.5) is 0 Å². The molecule has 2 aromatic rings. The zero-order valence-electron chi connectivity index (χ0n) is 13.9. The highest BCUT2D eigenvalue weighted by Gasteiger charge is 2.06. The molecule has 0 spiro atoms. The van der Waals surface area contributed by atoms with Crippen molar-refractivity contribution in [2.24, 2.45) is 0 Å². The fraction of sp³-hybridized carbons (Fsp3) is 0.391. The average molecular weight is 309 g/mol. The molecule has 2 rings (SSSR count). The summed E-state index contributed by atoms with van der Waals surface area (Å²) < 4.78 is 0. The van der Waals surface area contributed by atoms with Gasteiger partial charge in [0, 0.05) is 0 Å². The third-order valence-corrected chi connectivity index (χ3v) is 4.49. The highest BCUT2D eigenvalue weighted by molar-refractivity contribution is 5.20. The molecule has 0 bridgehead atoms. The Kier molecular flexibility index (Phi) is 9.05. The third kappa shape index (κ3) is 6.44. The highest BCUT2D eigenvalue weighted by Crippen LogP contribution is 2.24. The minimum absolute atomic E-state index is 0. The second-order valence-corrected chi connectivity index (χ2v) is 6.11. The summed E-state index contributed by atoms with van der Waals surface area (Å²) in [7, 11) is 0. The van der Waals surface area contributed by atoms with Gasteiger partial charge in [0.2, 0.25) is 0 Å². The van der Waals surface area contributed by atoms with Gasteiger partial charge < -0.3 is 0 Å². The lowest BCUT2D eigenvalue weighted by molar-refractivity contribution is 0.665. The van der Waals surface area contributed by atoms with Crippen LogP contribution in [0.25, 0.3) is 0 Å². The summed E-state index contributed by atoms with van der Waals surface area (Å²) in [6.07, 6.45) is 9.49. The molecule has 0 saturated heterocycles. The summed E-state index contributed by atoms with van der Waals surface area (Å²) in [5.74, 6) is 1.30. The van der Waals surface area contributed by atoms with Crippen LogP contribution in [0, 0.1) is 0 Å². The Morgan fingerprint density at radius 3 is 1.96 bits per heavy atom. The van der Waals surface area contributed by atoms with Crippen LogP contribution in [-0.2, 0) is 0 Å². The highest BCUT2D eigenvalue weighted by atomic mass is 14.1. The normalized spacial score (nSPS) is 13.5. The maximum atomic E-state index is 2.37. The van der Waals surface area contributed by atoms with Crippen LogP contribution in [-0.4, -0.2) is 0 Å². The van der Waals surface area contributed by atoms with Crippen molar-refractivity contribution >= 4 is 0 Å². The van der Waals surface area contributed by atoms with Crippen molar-refractivity contribution in [1.29, 1.82) is 0 Å². The van der Waals surface area contributed by atoms with Crippen LogP contribution >= 0.6 is 0 Å². The maximum Gasteiger partial charge on any atom is -0.0130 e. The molecule has 23 heavy (non-hydrogen) atoms. The van der Waals surface area contributed by atoms with E-state index in [0.717, 1.165) is 6.42 Å². The number of rotatable bonds is 8. The molecule has 0 aliphatic heterocycles. The zero-order chi connectivity index (χ0) is 15.6. The van der Waals surface area contributed by atoms with E-state index in [0.29, 0.717) is 11.8 Å². The molecule has 0 saturated carbocycles. The first-order valence-corrected chi connectivity index (χ1v) is 8.56. The lowest BCUT2D eigenvalue weighted by Crippen LogP contribution is -1.95. The van der Waals surface area contributed by atoms with Gasteiger partial charge in [-0.3, -0.25) is 0 Å². The Labute approximate surface area is 143 Å². The van der Waals surface area contributed by atoms with Crippen molar-refractivity contribution in [2.75, 3.05) is 0 Å². The molecule has 2 unspecified atom stereocenters. The third-order valence-electron chi connectivity index (χ3n) is 4.49. The minimum Gasteiger partial charge on any atom is -0.0885 e. The molecule has 0 aliphatic rings. The SMILES string of the molecule is C.CCC(C/C=C/CCC(C)c1ccccc1)c1ccccc1. The Balaban J connectivity index is 0.00000264. The van der Waals surface area contributed by atoms with Crippen molar-refractivity contribution in [3.8, 4) is 0 Å². The molecule has 0 N–H and O–H groups in total. The van der Waals surface area contributed by atoms with Gasteiger partial charge in [-0.25, -0.2) is 0 Å². The van der Waals surface area contributed by atoms with Gasteiger partial charge in [0.15, 0.2) is 0 Å². The fourth-order valence-corrected chi connectivity index (χ4v) is 2.94. The molecule has 124 valence electrons.